The van der Waals surface area contributed by atoms with Crippen molar-refractivity contribution in [2.75, 3.05) is 6.54 Å². The SMILES string of the molecule is CCCCC(NC(=O)C1CCC1)C(=O)N[C@H](CCCC)P(=O)(O)OC(C)C(=O)N1CCC[C@H]1C(=O)O. The first-order chi connectivity index (χ1) is 17.0. The van der Waals surface area contributed by atoms with Crippen molar-refractivity contribution in [3.8, 4) is 0 Å². The van der Waals surface area contributed by atoms with E-state index in [1.54, 1.807) is 0 Å². The van der Waals surface area contributed by atoms with E-state index in [0.717, 1.165) is 30.6 Å². The molecule has 1 saturated carbocycles. The summed E-state index contributed by atoms with van der Waals surface area (Å²) in [6.07, 6.45) is 5.32. The summed E-state index contributed by atoms with van der Waals surface area (Å²) in [5.41, 5.74) is 0. The van der Waals surface area contributed by atoms with Gasteiger partial charge in [0.05, 0.1) is 0 Å². The van der Waals surface area contributed by atoms with Crippen LogP contribution in [0.2, 0.25) is 0 Å². The molecule has 2 fully saturated rings. The lowest BCUT2D eigenvalue weighted by molar-refractivity contribution is -0.151. The summed E-state index contributed by atoms with van der Waals surface area (Å²) in [4.78, 5) is 61.8. The average molecular weight is 532 g/mol. The molecule has 0 bridgehead atoms. The van der Waals surface area contributed by atoms with Crippen molar-refractivity contribution >= 4 is 31.3 Å². The molecule has 5 atom stereocenters. The number of carbonyl (C=O) groups excluding carboxylic acids is 3. The number of carbonyl (C=O) groups is 4. The van der Waals surface area contributed by atoms with Crippen LogP contribution in [0.5, 0.6) is 0 Å². The molecule has 3 amide bonds. The zero-order chi connectivity index (χ0) is 26.9. The molecule has 0 aromatic rings. The van der Waals surface area contributed by atoms with Gasteiger partial charge in [0.15, 0.2) is 0 Å². The van der Waals surface area contributed by atoms with E-state index in [-0.39, 0.29) is 24.8 Å². The number of hydrogen-bond acceptors (Lipinski definition) is 6. The van der Waals surface area contributed by atoms with E-state index in [9.17, 15) is 33.7 Å². The summed E-state index contributed by atoms with van der Waals surface area (Å²) >= 11 is 0. The van der Waals surface area contributed by atoms with Gasteiger partial charge in [-0.05, 0) is 45.4 Å². The standard InChI is InChI=1S/C24H42N3O8P/c1-4-6-12-18(25-21(28)17-10-8-11-17)22(29)26-20(14-7-5-2)36(33,34)35-16(3)23(30)27-15-9-13-19(27)24(31)32/h16-20H,4-15H2,1-3H3,(H,25,28)(H,26,29)(H,31,32)(H,33,34)/t16?,18?,19-,20-/m0/s1. The molecule has 0 radical (unpaired) electrons. The van der Waals surface area contributed by atoms with Gasteiger partial charge in [0.2, 0.25) is 11.8 Å². The van der Waals surface area contributed by atoms with Crippen LogP contribution >= 0.6 is 7.60 Å². The van der Waals surface area contributed by atoms with Crippen LogP contribution in [0.3, 0.4) is 0 Å². The highest BCUT2D eigenvalue weighted by Gasteiger charge is 2.42. The summed E-state index contributed by atoms with van der Waals surface area (Å²) in [6.45, 7) is 5.41. The largest absolute Gasteiger partial charge is 0.480 e. The Balaban J connectivity index is 2.10. The van der Waals surface area contributed by atoms with Crippen molar-refractivity contribution in [2.45, 2.75) is 115 Å². The van der Waals surface area contributed by atoms with Crippen molar-refractivity contribution in [2.24, 2.45) is 5.92 Å². The maximum atomic E-state index is 13.3. The van der Waals surface area contributed by atoms with Gasteiger partial charge in [-0.2, -0.15) is 0 Å². The van der Waals surface area contributed by atoms with Crippen molar-refractivity contribution < 1.29 is 38.3 Å². The summed E-state index contributed by atoms with van der Waals surface area (Å²) in [5.74, 6) is -3.90. The second-order valence-corrected chi connectivity index (χ2v) is 11.8. The molecule has 1 heterocycles. The molecule has 36 heavy (non-hydrogen) atoms. The number of rotatable bonds is 15. The van der Waals surface area contributed by atoms with Crippen molar-refractivity contribution in [3.05, 3.63) is 0 Å². The first-order valence-corrected chi connectivity index (χ1v) is 14.8. The number of nitrogens with one attached hydrogen (secondary N) is 2. The Morgan fingerprint density at radius 3 is 2.22 bits per heavy atom. The predicted molar refractivity (Wildman–Crippen MR) is 133 cm³/mol. The first-order valence-electron chi connectivity index (χ1n) is 13.2. The minimum absolute atomic E-state index is 0.0998. The van der Waals surface area contributed by atoms with E-state index < -0.39 is 49.4 Å². The van der Waals surface area contributed by atoms with Crippen LogP contribution in [-0.4, -0.2) is 69.1 Å². The van der Waals surface area contributed by atoms with Crippen molar-refractivity contribution in [3.63, 3.8) is 0 Å². The monoisotopic (exact) mass is 531 g/mol. The van der Waals surface area contributed by atoms with Gasteiger partial charge in [-0.3, -0.25) is 23.5 Å². The summed E-state index contributed by atoms with van der Waals surface area (Å²) < 4.78 is 18.6. The molecule has 206 valence electrons. The Morgan fingerprint density at radius 2 is 1.67 bits per heavy atom. The molecular weight excluding hydrogens is 489 g/mol. The predicted octanol–water partition coefficient (Wildman–Crippen LogP) is 2.76. The Kier molecular flexibility index (Phi) is 11.8. The minimum Gasteiger partial charge on any atom is -0.480 e. The topological polar surface area (TPSA) is 162 Å². The van der Waals surface area contributed by atoms with Gasteiger partial charge in [0, 0.05) is 12.5 Å². The van der Waals surface area contributed by atoms with Gasteiger partial charge in [0.25, 0.3) is 5.91 Å². The fraction of sp³-hybridized carbons (Fsp3) is 0.833. The maximum Gasteiger partial charge on any atom is 0.350 e. The van der Waals surface area contributed by atoms with E-state index >= 15 is 0 Å². The van der Waals surface area contributed by atoms with E-state index in [1.165, 1.54) is 6.92 Å². The molecule has 1 aliphatic heterocycles. The molecule has 12 heteroatoms. The third-order valence-corrected chi connectivity index (χ3v) is 8.76. The summed E-state index contributed by atoms with van der Waals surface area (Å²) in [5, 5.41) is 14.8. The number of carboxylic acids is 1. The second-order valence-electron chi connectivity index (χ2n) is 9.84. The molecule has 0 spiro atoms. The highest BCUT2D eigenvalue weighted by Crippen LogP contribution is 2.49. The molecule has 0 aromatic carbocycles. The van der Waals surface area contributed by atoms with Crippen LogP contribution in [0.15, 0.2) is 0 Å². The Hall–Kier alpha value is -1.97. The van der Waals surface area contributed by atoms with Crippen LogP contribution in [-0.2, 0) is 28.3 Å². The molecule has 2 rings (SSSR count). The summed E-state index contributed by atoms with van der Waals surface area (Å²) in [7, 11) is -4.53. The Morgan fingerprint density at radius 1 is 1.03 bits per heavy atom. The van der Waals surface area contributed by atoms with E-state index in [1.807, 2.05) is 13.8 Å². The molecular formula is C24H42N3O8P. The lowest BCUT2D eigenvalue weighted by Gasteiger charge is -2.31. The molecule has 11 nitrogen and oxygen atoms in total. The van der Waals surface area contributed by atoms with Gasteiger partial charge >= 0.3 is 13.6 Å². The molecule has 1 aliphatic carbocycles. The quantitative estimate of drug-likeness (QED) is 0.235. The molecule has 0 aromatic heterocycles. The molecule has 1 saturated heterocycles. The molecule has 4 N–H and O–H groups in total. The Bertz CT molecular complexity index is 834. The fourth-order valence-corrected chi connectivity index (χ4v) is 5.97. The smallest absolute Gasteiger partial charge is 0.350 e. The molecule has 2 aliphatic rings. The van der Waals surface area contributed by atoms with E-state index in [2.05, 4.69) is 10.6 Å². The fourth-order valence-electron chi connectivity index (χ4n) is 4.48. The number of likely N-dealkylation sites (tertiary alicyclic amines) is 1. The van der Waals surface area contributed by atoms with Crippen LogP contribution in [0.1, 0.15) is 91.4 Å². The normalized spacial score (nSPS) is 22.1. The second kappa shape index (κ2) is 14.1. The zero-order valence-corrected chi connectivity index (χ0v) is 22.5. The zero-order valence-electron chi connectivity index (χ0n) is 21.6. The molecule has 3 unspecified atom stereocenters. The lowest BCUT2D eigenvalue weighted by atomic mass is 9.84. The number of carboxylic acid groups (broad SMARTS) is 1. The van der Waals surface area contributed by atoms with Crippen molar-refractivity contribution in [1.29, 1.82) is 0 Å². The highest BCUT2D eigenvalue weighted by atomic mass is 31.2. The van der Waals surface area contributed by atoms with E-state index in [0.29, 0.717) is 38.5 Å². The maximum absolute atomic E-state index is 13.3. The van der Waals surface area contributed by atoms with Gasteiger partial charge in [0.1, 0.15) is 24.0 Å². The van der Waals surface area contributed by atoms with Gasteiger partial charge < -0.3 is 25.5 Å². The number of amides is 3. The first kappa shape index (κ1) is 30.3. The number of hydrogen-bond donors (Lipinski definition) is 4. The number of aliphatic carboxylic acids is 1. The summed E-state index contributed by atoms with van der Waals surface area (Å²) in [6, 6.07) is -1.82. The van der Waals surface area contributed by atoms with Crippen LogP contribution < -0.4 is 10.6 Å². The van der Waals surface area contributed by atoms with Gasteiger partial charge in [-0.1, -0.05) is 46.0 Å². The van der Waals surface area contributed by atoms with Crippen LogP contribution in [0, 0.1) is 5.92 Å². The number of unbranched alkanes of at least 4 members (excludes halogenated alkanes) is 2. The van der Waals surface area contributed by atoms with Crippen molar-refractivity contribution in [1.82, 2.24) is 15.5 Å². The van der Waals surface area contributed by atoms with Gasteiger partial charge in [-0.15, -0.1) is 0 Å². The van der Waals surface area contributed by atoms with E-state index in [4.69, 9.17) is 4.52 Å². The third-order valence-electron chi connectivity index (χ3n) is 6.97. The van der Waals surface area contributed by atoms with Crippen LogP contribution in [0.25, 0.3) is 0 Å². The average Bonchev–Trinajstić information content (AvgIpc) is 3.27. The highest BCUT2D eigenvalue weighted by molar-refractivity contribution is 7.53. The number of nitrogens with zero attached hydrogens (tertiary/aromatic N) is 1. The third kappa shape index (κ3) is 8.28. The van der Waals surface area contributed by atoms with Gasteiger partial charge in [-0.25, -0.2) is 4.79 Å². The van der Waals surface area contributed by atoms with Crippen LogP contribution in [0.4, 0.5) is 0 Å². The minimum atomic E-state index is -4.53. The Labute approximate surface area is 213 Å². The lowest BCUT2D eigenvalue weighted by Crippen LogP contribution is -2.51.